The van der Waals surface area contributed by atoms with E-state index in [1.165, 1.54) is 25.2 Å². The van der Waals surface area contributed by atoms with Crippen LogP contribution in [0.1, 0.15) is 47.4 Å². The minimum absolute atomic E-state index is 0.00972. The molecule has 0 saturated heterocycles. The van der Waals surface area contributed by atoms with Gasteiger partial charge in [-0.15, -0.1) is 0 Å². The van der Waals surface area contributed by atoms with Crippen molar-refractivity contribution in [2.75, 3.05) is 79.7 Å². The molecule has 1 atom stereocenters. The quantitative estimate of drug-likeness (QED) is 0.0927. The fraction of sp³-hybridized carbons (Fsp3) is 0.607. The van der Waals surface area contributed by atoms with E-state index in [4.69, 9.17) is 28.8 Å². The Balaban J connectivity index is 0.00000431. The van der Waals surface area contributed by atoms with Gasteiger partial charge < -0.3 is 44.2 Å². The highest BCUT2D eigenvalue weighted by molar-refractivity contribution is 6.24. The van der Waals surface area contributed by atoms with Crippen molar-refractivity contribution in [2.24, 2.45) is 0 Å². The highest BCUT2D eigenvalue weighted by Crippen LogP contribution is 2.33. The number of aliphatic hydroxyl groups excluding tert-OH is 1. The number of amides is 4. The van der Waals surface area contributed by atoms with Crippen molar-refractivity contribution in [1.29, 1.82) is 0 Å². The van der Waals surface area contributed by atoms with E-state index in [0.717, 1.165) is 4.90 Å². The molecule has 1 unspecified atom stereocenters. The molecule has 1 heterocycles. The smallest absolute Gasteiger partial charge is 0.266 e. The molecule has 1 aromatic rings. The Morgan fingerprint density at radius 1 is 0.929 bits per heavy atom. The lowest BCUT2D eigenvalue weighted by atomic mass is 10.1. The number of imide groups is 1. The van der Waals surface area contributed by atoms with Crippen LogP contribution in [0.4, 0.5) is 0 Å². The second-order valence-electron chi connectivity index (χ2n) is 8.34. The molecule has 14 heteroatoms. The van der Waals surface area contributed by atoms with Crippen molar-refractivity contribution in [3.8, 4) is 5.75 Å². The summed E-state index contributed by atoms with van der Waals surface area (Å²) in [6.45, 7) is 6.67. The summed E-state index contributed by atoms with van der Waals surface area (Å²) in [5, 5.41) is 13.6. The first-order valence-electron chi connectivity index (χ1n) is 13.9. The van der Waals surface area contributed by atoms with Gasteiger partial charge in [-0.05, 0) is 18.6 Å². The number of nitrogens with one attached hydrogen (secondary N) is 2. The number of carbonyl (C=O) groups excluding carboxylic acids is 5. The SMILES string of the molecule is CC.CNC(=O)C(CCC=O)N1C(=O)c2cccc(OCC(=O)NCCOCCOCCOCCOCCO)c2C1=O. The lowest BCUT2D eigenvalue weighted by Crippen LogP contribution is -2.48. The van der Waals surface area contributed by atoms with Gasteiger partial charge in [-0.2, -0.15) is 0 Å². The number of benzene rings is 1. The highest BCUT2D eigenvalue weighted by atomic mass is 16.6. The topological polar surface area (TPSA) is 179 Å². The Bertz CT molecular complexity index is 990. The minimum Gasteiger partial charge on any atom is -0.483 e. The molecule has 1 aliphatic heterocycles. The molecule has 42 heavy (non-hydrogen) atoms. The fourth-order valence-corrected chi connectivity index (χ4v) is 3.73. The Morgan fingerprint density at radius 2 is 1.52 bits per heavy atom. The van der Waals surface area contributed by atoms with Gasteiger partial charge in [0.2, 0.25) is 5.91 Å². The van der Waals surface area contributed by atoms with E-state index in [0.29, 0.717) is 45.9 Å². The van der Waals surface area contributed by atoms with E-state index in [9.17, 15) is 24.0 Å². The molecule has 3 N–H and O–H groups in total. The maximum Gasteiger partial charge on any atom is 0.266 e. The van der Waals surface area contributed by atoms with Gasteiger partial charge in [0.05, 0.1) is 70.6 Å². The Hall–Kier alpha value is -3.43. The van der Waals surface area contributed by atoms with Gasteiger partial charge in [0, 0.05) is 20.0 Å². The Labute approximate surface area is 245 Å². The molecular weight excluding hydrogens is 554 g/mol. The van der Waals surface area contributed by atoms with Crippen molar-refractivity contribution in [2.45, 2.75) is 32.7 Å². The van der Waals surface area contributed by atoms with Gasteiger partial charge in [-0.3, -0.25) is 24.1 Å². The van der Waals surface area contributed by atoms with Crippen molar-refractivity contribution in [1.82, 2.24) is 15.5 Å². The molecule has 236 valence electrons. The molecule has 0 bridgehead atoms. The minimum atomic E-state index is -1.15. The number of aldehydes is 1. The van der Waals surface area contributed by atoms with Crippen LogP contribution in [-0.4, -0.2) is 126 Å². The normalized spacial score (nSPS) is 12.7. The number of hydrogen-bond acceptors (Lipinski definition) is 11. The summed E-state index contributed by atoms with van der Waals surface area (Å²) in [5.74, 6) is -2.40. The largest absolute Gasteiger partial charge is 0.483 e. The second-order valence-corrected chi connectivity index (χ2v) is 8.34. The Morgan fingerprint density at radius 3 is 2.10 bits per heavy atom. The van der Waals surface area contributed by atoms with Crippen LogP contribution in [0, 0.1) is 0 Å². The zero-order valence-electron chi connectivity index (χ0n) is 24.6. The lowest BCUT2D eigenvalue weighted by molar-refractivity contribution is -0.125. The second kappa shape index (κ2) is 22.2. The molecule has 0 spiro atoms. The van der Waals surface area contributed by atoms with Gasteiger partial charge in [0.25, 0.3) is 17.7 Å². The van der Waals surface area contributed by atoms with Gasteiger partial charge in [-0.25, -0.2) is 0 Å². The summed E-state index contributed by atoms with van der Waals surface area (Å²) in [4.78, 5) is 62.3. The monoisotopic (exact) mass is 597 g/mol. The number of nitrogens with zero attached hydrogens (tertiary/aromatic N) is 1. The first-order chi connectivity index (χ1) is 20.5. The maximum atomic E-state index is 13.1. The molecule has 0 saturated carbocycles. The van der Waals surface area contributed by atoms with Crippen LogP contribution in [0.15, 0.2) is 18.2 Å². The number of hydrogen-bond donors (Lipinski definition) is 3. The molecule has 1 aliphatic rings. The third-order valence-electron chi connectivity index (χ3n) is 5.61. The average molecular weight is 598 g/mol. The van der Waals surface area contributed by atoms with E-state index in [-0.39, 0.29) is 56.1 Å². The van der Waals surface area contributed by atoms with Crippen LogP contribution in [0.25, 0.3) is 0 Å². The van der Waals surface area contributed by atoms with Crippen LogP contribution in [0.3, 0.4) is 0 Å². The molecule has 14 nitrogen and oxygen atoms in total. The van der Waals surface area contributed by atoms with Gasteiger partial charge in [-0.1, -0.05) is 19.9 Å². The summed E-state index contributed by atoms with van der Waals surface area (Å²) < 4.78 is 26.6. The highest BCUT2D eigenvalue weighted by Gasteiger charge is 2.44. The lowest BCUT2D eigenvalue weighted by Gasteiger charge is -2.24. The van der Waals surface area contributed by atoms with Crippen LogP contribution >= 0.6 is 0 Å². The fourth-order valence-electron chi connectivity index (χ4n) is 3.73. The average Bonchev–Trinajstić information content (AvgIpc) is 3.27. The molecule has 1 aromatic carbocycles. The zero-order valence-corrected chi connectivity index (χ0v) is 24.6. The van der Waals surface area contributed by atoms with Crippen molar-refractivity contribution >= 4 is 29.9 Å². The molecule has 0 aliphatic carbocycles. The third kappa shape index (κ3) is 12.2. The van der Waals surface area contributed by atoms with Crippen LogP contribution in [0.5, 0.6) is 5.75 Å². The predicted octanol–water partition coefficient (Wildman–Crippen LogP) is -0.0438. The van der Waals surface area contributed by atoms with Crippen LogP contribution in [-0.2, 0) is 33.3 Å². The molecule has 2 rings (SSSR count). The molecule has 4 amide bonds. The molecular formula is C28H43N3O11. The molecule has 0 aromatic heterocycles. The van der Waals surface area contributed by atoms with E-state index in [1.807, 2.05) is 13.8 Å². The van der Waals surface area contributed by atoms with Crippen molar-refractivity contribution in [3.63, 3.8) is 0 Å². The summed E-state index contributed by atoms with van der Waals surface area (Å²) in [7, 11) is 1.37. The van der Waals surface area contributed by atoms with E-state index < -0.39 is 36.3 Å². The molecule has 0 fully saturated rings. The van der Waals surface area contributed by atoms with E-state index in [1.54, 1.807) is 0 Å². The Kier molecular flexibility index (Phi) is 19.3. The number of aliphatic hydroxyl groups is 1. The van der Waals surface area contributed by atoms with Crippen molar-refractivity contribution < 1.29 is 52.8 Å². The van der Waals surface area contributed by atoms with Gasteiger partial charge >= 0.3 is 0 Å². The predicted molar refractivity (Wildman–Crippen MR) is 150 cm³/mol. The summed E-state index contributed by atoms with van der Waals surface area (Å²) in [6, 6.07) is 3.25. The summed E-state index contributed by atoms with van der Waals surface area (Å²) in [6.07, 6.45) is 0.584. The number of ether oxygens (including phenoxy) is 5. The summed E-state index contributed by atoms with van der Waals surface area (Å²) >= 11 is 0. The zero-order chi connectivity index (χ0) is 31.2. The number of carbonyl (C=O) groups is 5. The van der Waals surface area contributed by atoms with E-state index >= 15 is 0 Å². The van der Waals surface area contributed by atoms with Gasteiger partial charge in [0.1, 0.15) is 18.1 Å². The number of rotatable bonds is 22. The van der Waals surface area contributed by atoms with Crippen molar-refractivity contribution in [3.05, 3.63) is 29.3 Å². The standard InChI is InChI=1S/C26H37N3O11.C2H6/c1-27-24(33)20(5-3-8-30)29-25(34)19-4-2-6-21(23(19)26(29)35)40-18-22(32)28-7-10-36-12-14-38-16-17-39-15-13-37-11-9-31;1-2/h2,4,6,8,20,31H,3,5,7,9-18H2,1H3,(H,27,33)(H,28,32);1-2H3. The van der Waals surface area contributed by atoms with E-state index in [2.05, 4.69) is 10.6 Å². The van der Waals surface area contributed by atoms with Crippen LogP contribution < -0.4 is 15.4 Å². The third-order valence-corrected chi connectivity index (χ3v) is 5.61. The molecule has 0 radical (unpaired) electrons. The summed E-state index contributed by atoms with van der Waals surface area (Å²) in [5.41, 5.74) is 0.0150. The number of fused-ring (bicyclic) bond motifs is 1. The number of likely N-dealkylation sites (N-methyl/N-ethyl adjacent to an activating group) is 1. The van der Waals surface area contributed by atoms with Gasteiger partial charge in [0.15, 0.2) is 6.61 Å². The van der Waals surface area contributed by atoms with Crippen LogP contribution in [0.2, 0.25) is 0 Å². The maximum absolute atomic E-state index is 13.1. The first-order valence-corrected chi connectivity index (χ1v) is 13.9. The first kappa shape index (κ1) is 36.6.